The average molecular weight is 392 g/mol. The fourth-order valence-electron chi connectivity index (χ4n) is 3.32. The third kappa shape index (κ3) is 5.86. The number of fused-ring (bicyclic) bond motifs is 1. The van der Waals surface area contributed by atoms with E-state index in [9.17, 15) is 9.59 Å². The number of ether oxygens (including phenoxy) is 2. The van der Waals surface area contributed by atoms with Crippen LogP contribution in [0.4, 0.5) is 0 Å². The summed E-state index contributed by atoms with van der Waals surface area (Å²) in [5, 5.41) is 3.10. The van der Waals surface area contributed by atoms with Crippen LogP contribution in [-0.2, 0) is 9.59 Å². The molecular weight excluding hydrogens is 358 g/mol. The zero-order valence-electron chi connectivity index (χ0n) is 17.7. The summed E-state index contributed by atoms with van der Waals surface area (Å²) in [6, 6.07) is 5.65. The van der Waals surface area contributed by atoms with Gasteiger partial charge in [0.05, 0.1) is 19.1 Å². The minimum atomic E-state index is -0.143. The monoisotopic (exact) mass is 391 g/mol. The molecule has 1 aromatic carbocycles. The zero-order chi connectivity index (χ0) is 20.7. The first kappa shape index (κ1) is 22.0. The van der Waals surface area contributed by atoms with Crippen molar-refractivity contribution in [2.75, 3.05) is 46.4 Å². The van der Waals surface area contributed by atoms with Gasteiger partial charge in [0, 0.05) is 13.1 Å². The fraction of sp³-hybridized carbons (Fsp3) is 0.619. The molecule has 0 aliphatic carbocycles. The maximum atomic E-state index is 12.6. The van der Waals surface area contributed by atoms with Gasteiger partial charge in [-0.3, -0.25) is 14.5 Å². The Labute approximate surface area is 168 Å². The van der Waals surface area contributed by atoms with Crippen LogP contribution in [0.1, 0.15) is 39.3 Å². The van der Waals surface area contributed by atoms with Gasteiger partial charge in [-0.05, 0) is 44.5 Å². The summed E-state index contributed by atoms with van der Waals surface area (Å²) < 4.78 is 11.2. The molecule has 2 rings (SSSR count). The van der Waals surface area contributed by atoms with Gasteiger partial charge in [0.25, 0.3) is 0 Å². The van der Waals surface area contributed by atoms with Crippen molar-refractivity contribution in [3.05, 3.63) is 23.8 Å². The number of benzene rings is 1. The average Bonchev–Trinajstić information content (AvgIpc) is 2.66. The van der Waals surface area contributed by atoms with Crippen LogP contribution in [0, 0.1) is 5.92 Å². The Balaban J connectivity index is 1.98. The summed E-state index contributed by atoms with van der Waals surface area (Å²) in [5.74, 6) is 1.58. The third-order valence-electron chi connectivity index (χ3n) is 4.84. The molecule has 1 atom stereocenters. The van der Waals surface area contributed by atoms with E-state index in [1.807, 2.05) is 32.0 Å². The smallest absolute Gasteiger partial charge is 0.236 e. The van der Waals surface area contributed by atoms with Crippen molar-refractivity contribution >= 4 is 11.8 Å². The number of rotatable bonds is 9. The summed E-state index contributed by atoms with van der Waals surface area (Å²) in [4.78, 5) is 28.3. The van der Waals surface area contributed by atoms with Gasteiger partial charge in [-0.1, -0.05) is 19.9 Å². The molecule has 28 heavy (non-hydrogen) atoms. The van der Waals surface area contributed by atoms with Gasteiger partial charge in [0.2, 0.25) is 11.8 Å². The molecule has 1 aliphatic rings. The van der Waals surface area contributed by atoms with Crippen LogP contribution in [0.3, 0.4) is 0 Å². The third-order valence-corrected chi connectivity index (χ3v) is 4.84. The molecule has 7 nitrogen and oxygen atoms in total. The van der Waals surface area contributed by atoms with E-state index in [1.54, 1.807) is 16.8 Å². The summed E-state index contributed by atoms with van der Waals surface area (Å²) in [6.45, 7) is 10.9. The predicted octanol–water partition coefficient (Wildman–Crippen LogP) is 2.07. The molecular formula is C21H33N3O4. The zero-order valence-corrected chi connectivity index (χ0v) is 17.7. The lowest BCUT2D eigenvalue weighted by Crippen LogP contribution is -2.43. The van der Waals surface area contributed by atoms with E-state index >= 15 is 0 Å². The first-order chi connectivity index (χ1) is 13.3. The fourth-order valence-corrected chi connectivity index (χ4v) is 3.32. The van der Waals surface area contributed by atoms with Crippen LogP contribution < -0.4 is 14.8 Å². The largest absolute Gasteiger partial charge is 0.486 e. The Morgan fingerprint density at radius 3 is 2.32 bits per heavy atom. The molecule has 2 amide bonds. The number of hydrogen-bond acceptors (Lipinski definition) is 5. The van der Waals surface area contributed by atoms with E-state index in [4.69, 9.17) is 9.47 Å². The molecule has 1 aromatic rings. The highest BCUT2D eigenvalue weighted by atomic mass is 16.6. The number of nitrogens with one attached hydrogen (secondary N) is 1. The first-order valence-corrected chi connectivity index (χ1v) is 10.0. The molecule has 0 radical (unpaired) electrons. The maximum absolute atomic E-state index is 12.6. The quantitative estimate of drug-likeness (QED) is 0.698. The van der Waals surface area contributed by atoms with Crippen molar-refractivity contribution in [1.29, 1.82) is 0 Å². The summed E-state index contributed by atoms with van der Waals surface area (Å²) in [5.41, 5.74) is 0.981. The van der Waals surface area contributed by atoms with Crippen LogP contribution in [0.5, 0.6) is 11.5 Å². The van der Waals surface area contributed by atoms with Gasteiger partial charge >= 0.3 is 0 Å². The number of nitrogens with zero attached hydrogens (tertiary/aromatic N) is 2. The van der Waals surface area contributed by atoms with Gasteiger partial charge in [0.15, 0.2) is 11.5 Å². The molecule has 0 spiro atoms. The predicted molar refractivity (Wildman–Crippen MR) is 109 cm³/mol. The Morgan fingerprint density at radius 2 is 1.71 bits per heavy atom. The summed E-state index contributed by atoms with van der Waals surface area (Å²) >= 11 is 0. The van der Waals surface area contributed by atoms with Crippen LogP contribution in [0.2, 0.25) is 0 Å². The standard InChI is InChI=1S/C21H33N3O4/c1-6-24(7-2)20(26)14-23(5)13-19(25)22-21(15(3)4)16-8-9-17-18(12-16)28-11-10-27-17/h8-9,12,15,21H,6-7,10-11,13-14H2,1-5H3,(H,22,25)/t21-/m1/s1. The summed E-state index contributed by atoms with van der Waals surface area (Å²) in [6.07, 6.45) is 0. The van der Waals surface area contributed by atoms with E-state index in [1.165, 1.54) is 0 Å². The molecule has 0 bridgehead atoms. The lowest BCUT2D eigenvalue weighted by molar-refractivity contribution is -0.132. The number of likely N-dealkylation sites (N-methyl/N-ethyl adjacent to an activating group) is 2. The van der Waals surface area contributed by atoms with Crippen LogP contribution in [-0.4, -0.2) is 68.1 Å². The SMILES string of the molecule is CCN(CC)C(=O)CN(C)CC(=O)N[C@@H](c1ccc2c(c1)OCCO2)C(C)C. The van der Waals surface area contributed by atoms with Gasteiger partial charge < -0.3 is 19.7 Å². The highest BCUT2D eigenvalue weighted by Gasteiger charge is 2.22. The van der Waals surface area contributed by atoms with E-state index in [0.29, 0.717) is 32.1 Å². The Morgan fingerprint density at radius 1 is 1.07 bits per heavy atom. The Kier molecular flexibility index (Phi) is 8.11. The molecule has 0 aromatic heterocycles. The van der Waals surface area contributed by atoms with Crippen LogP contribution in [0.15, 0.2) is 18.2 Å². The normalized spacial score (nSPS) is 14.1. The second kappa shape index (κ2) is 10.3. The van der Waals surface area contributed by atoms with Crippen molar-refractivity contribution in [3.8, 4) is 11.5 Å². The van der Waals surface area contributed by atoms with Crippen LogP contribution >= 0.6 is 0 Å². The highest BCUT2D eigenvalue weighted by Crippen LogP contribution is 2.34. The number of amides is 2. The van der Waals surface area contributed by atoms with E-state index in [2.05, 4.69) is 19.2 Å². The molecule has 1 aliphatic heterocycles. The molecule has 0 saturated heterocycles. The Hall–Kier alpha value is -2.28. The molecule has 7 heteroatoms. The lowest BCUT2D eigenvalue weighted by atomic mass is 9.95. The molecule has 0 fully saturated rings. The highest BCUT2D eigenvalue weighted by molar-refractivity contribution is 5.81. The van der Waals surface area contributed by atoms with Gasteiger partial charge in [-0.15, -0.1) is 0 Å². The van der Waals surface area contributed by atoms with Gasteiger partial charge in [-0.2, -0.15) is 0 Å². The first-order valence-electron chi connectivity index (χ1n) is 10.0. The minimum Gasteiger partial charge on any atom is -0.486 e. The second-order valence-electron chi connectivity index (χ2n) is 7.43. The van der Waals surface area contributed by atoms with Gasteiger partial charge in [0.1, 0.15) is 13.2 Å². The van der Waals surface area contributed by atoms with Crippen molar-refractivity contribution in [3.63, 3.8) is 0 Å². The molecule has 1 N–H and O–H groups in total. The lowest BCUT2D eigenvalue weighted by Gasteiger charge is -2.27. The molecule has 156 valence electrons. The van der Waals surface area contributed by atoms with Crippen molar-refractivity contribution in [1.82, 2.24) is 15.1 Å². The van der Waals surface area contributed by atoms with Crippen molar-refractivity contribution in [2.45, 2.75) is 33.7 Å². The number of carbonyl (C=O) groups is 2. The Bertz CT molecular complexity index is 674. The van der Waals surface area contributed by atoms with Crippen LogP contribution in [0.25, 0.3) is 0 Å². The second-order valence-corrected chi connectivity index (χ2v) is 7.43. The summed E-state index contributed by atoms with van der Waals surface area (Å²) in [7, 11) is 1.79. The molecule has 0 unspecified atom stereocenters. The number of hydrogen-bond donors (Lipinski definition) is 1. The van der Waals surface area contributed by atoms with E-state index in [-0.39, 0.29) is 36.9 Å². The van der Waals surface area contributed by atoms with Crippen molar-refractivity contribution in [2.24, 2.45) is 5.92 Å². The topological polar surface area (TPSA) is 71.1 Å². The van der Waals surface area contributed by atoms with Gasteiger partial charge in [-0.25, -0.2) is 0 Å². The van der Waals surface area contributed by atoms with E-state index < -0.39 is 0 Å². The molecule has 1 heterocycles. The van der Waals surface area contributed by atoms with E-state index in [0.717, 1.165) is 11.3 Å². The van der Waals surface area contributed by atoms with Crippen molar-refractivity contribution < 1.29 is 19.1 Å². The maximum Gasteiger partial charge on any atom is 0.236 e. The minimum absolute atomic E-state index is 0.0348. The molecule has 0 saturated carbocycles. The number of carbonyl (C=O) groups excluding carboxylic acids is 2.